The van der Waals surface area contributed by atoms with Gasteiger partial charge in [-0.05, 0) is 6.26 Å². The second-order valence-electron chi connectivity index (χ2n) is 2.77. The molecule has 0 saturated heterocycles. The van der Waals surface area contributed by atoms with Gasteiger partial charge >= 0.3 is 0 Å². The number of nitrogens with zero attached hydrogens (tertiary/aromatic N) is 3. The third-order valence-corrected chi connectivity index (χ3v) is 2.38. The molecule has 0 spiro atoms. The van der Waals surface area contributed by atoms with E-state index >= 15 is 0 Å². The van der Waals surface area contributed by atoms with Gasteiger partial charge in [0.25, 0.3) is 5.56 Å². The van der Waals surface area contributed by atoms with Crippen molar-refractivity contribution in [2.45, 2.75) is 11.8 Å². The fourth-order valence-electron chi connectivity index (χ4n) is 1.11. The van der Waals surface area contributed by atoms with E-state index in [1.54, 1.807) is 6.26 Å². The predicted molar refractivity (Wildman–Crippen MR) is 55.7 cm³/mol. The number of aromatic amines is 1. The number of aromatic nitrogens is 4. The summed E-state index contributed by atoms with van der Waals surface area (Å²) >= 11 is 1.32. The van der Waals surface area contributed by atoms with Crippen molar-refractivity contribution in [1.82, 2.24) is 19.9 Å². The van der Waals surface area contributed by atoms with Crippen LogP contribution in [0.3, 0.4) is 0 Å². The first-order valence-corrected chi connectivity index (χ1v) is 5.38. The van der Waals surface area contributed by atoms with Crippen LogP contribution in [0.5, 0.6) is 0 Å². The molecule has 2 rings (SSSR count). The summed E-state index contributed by atoms with van der Waals surface area (Å²) in [6.45, 7) is -0.243. The summed E-state index contributed by atoms with van der Waals surface area (Å²) in [6, 6.07) is 0. The van der Waals surface area contributed by atoms with Crippen molar-refractivity contribution in [1.29, 1.82) is 0 Å². The molecular formula is C8H8N4O2S. The normalized spacial score (nSPS) is 10.8. The van der Waals surface area contributed by atoms with E-state index < -0.39 is 0 Å². The van der Waals surface area contributed by atoms with Crippen molar-refractivity contribution >= 4 is 22.9 Å². The minimum Gasteiger partial charge on any atom is -0.390 e. The molecule has 0 fully saturated rings. The van der Waals surface area contributed by atoms with Crippen molar-refractivity contribution in [2.24, 2.45) is 0 Å². The Morgan fingerprint density at radius 2 is 2.33 bits per heavy atom. The van der Waals surface area contributed by atoms with Crippen molar-refractivity contribution in [2.75, 3.05) is 6.26 Å². The van der Waals surface area contributed by atoms with E-state index in [0.29, 0.717) is 16.5 Å². The van der Waals surface area contributed by atoms with Gasteiger partial charge in [-0.3, -0.25) is 9.78 Å². The molecule has 0 aliphatic rings. The number of nitrogens with one attached hydrogen (secondary N) is 1. The molecule has 0 atom stereocenters. The standard InChI is InChI=1S/C8H8N4O2S/c1-15-8-11-6-5(7(14)12-8)10-4(3-13)2-9-6/h2,13H,3H2,1H3,(H,9,11,12,14). The van der Waals surface area contributed by atoms with Crippen LogP contribution in [-0.4, -0.2) is 31.3 Å². The summed E-state index contributed by atoms with van der Waals surface area (Å²) in [5, 5.41) is 9.35. The SMILES string of the molecule is CSc1nc2ncc(CO)nc2c(=O)[nH]1. The van der Waals surface area contributed by atoms with Crippen molar-refractivity contribution in [3.63, 3.8) is 0 Å². The third kappa shape index (κ3) is 1.83. The van der Waals surface area contributed by atoms with Gasteiger partial charge in [-0.25, -0.2) is 15.0 Å². The minimum atomic E-state index is -0.341. The van der Waals surface area contributed by atoms with Crippen LogP contribution in [0.4, 0.5) is 0 Å². The highest BCUT2D eigenvalue weighted by Gasteiger charge is 2.06. The maximum absolute atomic E-state index is 11.5. The van der Waals surface area contributed by atoms with Crippen molar-refractivity contribution in [3.8, 4) is 0 Å². The van der Waals surface area contributed by atoms with Gasteiger partial charge in [0.05, 0.1) is 18.5 Å². The molecule has 0 aliphatic heterocycles. The Morgan fingerprint density at radius 3 is 3.00 bits per heavy atom. The maximum Gasteiger partial charge on any atom is 0.279 e. The lowest BCUT2D eigenvalue weighted by Gasteiger charge is -1.99. The van der Waals surface area contributed by atoms with Gasteiger partial charge in [0, 0.05) is 0 Å². The quantitative estimate of drug-likeness (QED) is 0.548. The highest BCUT2D eigenvalue weighted by Crippen LogP contribution is 2.08. The van der Waals surface area contributed by atoms with Gasteiger partial charge in [0.1, 0.15) is 0 Å². The Bertz CT molecular complexity index is 554. The van der Waals surface area contributed by atoms with E-state index in [1.807, 2.05) is 0 Å². The molecule has 78 valence electrons. The second-order valence-corrected chi connectivity index (χ2v) is 3.56. The first-order valence-electron chi connectivity index (χ1n) is 4.15. The lowest BCUT2D eigenvalue weighted by atomic mass is 10.4. The maximum atomic E-state index is 11.5. The molecule has 2 aromatic rings. The van der Waals surface area contributed by atoms with E-state index in [2.05, 4.69) is 19.9 Å². The number of thioether (sulfide) groups is 1. The number of fused-ring (bicyclic) bond motifs is 1. The average Bonchev–Trinajstić information content (AvgIpc) is 2.28. The molecule has 0 radical (unpaired) electrons. The Balaban J connectivity index is 2.74. The number of hydrogen-bond donors (Lipinski definition) is 2. The van der Waals surface area contributed by atoms with E-state index in [-0.39, 0.29) is 17.7 Å². The highest BCUT2D eigenvalue weighted by atomic mass is 32.2. The van der Waals surface area contributed by atoms with Gasteiger partial charge in [0.2, 0.25) is 0 Å². The predicted octanol–water partition coefficient (Wildman–Crippen LogP) is -0.0727. The van der Waals surface area contributed by atoms with Crippen LogP contribution >= 0.6 is 11.8 Å². The molecule has 2 heterocycles. The summed E-state index contributed by atoms with van der Waals surface area (Å²) in [5.41, 5.74) is 0.457. The fraction of sp³-hybridized carbons (Fsp3) is 0.250. The Hall–Kier alpha value is -1.47. The van der Waals surface area contributed by atoms with Gasteiger partial charge in [-0.2, -0.15) is 0 Å². The number of H-pyrrole nitrogens is 1. The largest absolute Gasteiger partial charge is 0.390 e. The van der Waals surface area contributed by atoms with Gasteiger partial charge < -0.3 is 5.11 Å². The Labute approximate surface area is 88.8 Å². The smallest absolute Gasteiger partial charge is 0.279 e. The van der Waals surface area contributed by atoms with Crippen LogP contribution in [0.15, 0.2) is 16.1 Å². The zero-order valence-corrected chi connectivity index (χ0v) is 8.71. The van der Waals surface area contributed by atoms with Crippen molar-refractivity contribution < 1.29 is 5.11 Å². The minimum absolute atomic E-state index is 0.152. The van der Waals surface area contributed by atoms with Crippen LogP contribution in [0.1, 0.15) is 5.69 Å². The summed E-state index contributed by atoms with van der Waals surface area (Å²) in [4.78, 5) is 26.1. The van der Waals surface area contributed by atoms with Crippen LogP contribution in [0.2, 0.25) is 0 Å². The molecule has 0 unspecified atom stereocenters. The number of hydrogen-bond acceptors (Lipinski definition) is 6. The molecule has 6 nitrogen and oxygen atoms in total. The second kappa shape index (κ2) is 3.95. The van der Waals surface area contributed by atoms with Gasteiger partial charge in [-0.15, -0.1) is 0 Å². The molecule has 0 aromatic carbocycles. The van der Waals surface area contributed by atoms with E-state index in [9.17, 15) is 4.79 Å². The number of aliphatic hydroxyl groups is 1. The summed E-state index contributed by atoms with van der Waals surface area (Å²) < 4.78 is 0. The van der Waals surface area contributed by atoms with Crippen LogP contribution < -0.4 is 5.56 Å². The monoisotopic (exact) mass is 224 g/mol. The molecular weight excluding hydrogens is 216 g/mol. The summed E-state index contributed by atoms with van der Waals surface area (Å²) in [6.07, 6.45) is 3.21. The molecule has 2 aromatic heterocycles. The average molecular weight is 224 g/mol. The molecule has 0 saturated carbocycles. The number of rotatable bonds is 2. The lowest BCUT2D eigenvalue weighted by molar-refractivity contribution is 0.277. The zero-order chi connectivity index (χ0) is 10.8. The molecule has 0 amide bonds. The lowest BCUT2D eigenvalue weighted by Crippen LogP contribution is -2.12. The molecule has 2 N–H and O–H groups in total. The topological polar surface area (TPSA) is 91.8 Å². The highest BCUT2D eigenvalue weighted by molar-refractivity contribution is 7.98. The Morgan fingerprint density at radius 1 is 1.53 bits per heavy atom. The first-order chi connectivity index (χ1) is 7.24. The van der Waals surface area contributed by atoms with Crippen LogP contribution in [0.25, 0.3) is 11.2 Å². The summed E-state index contributed by atoms with van der Waals surface area (Å²) in [7, 11) is 0. The third-order valence-electron chi connectivity index (χ3n) is 1.80. The first kappa shape index (κ1) is 10.1. The fourth-order valence-corrected chi connectivity index (χ4v) is 1.48. The van der Waals surface area contributed by atoms with Crippen LogP contribution in [0, 0.1) is 0 Å². The molecule has 0 bridgehead atoms. The zero-order valence-electron chi connectivity index (χ0n) is 7.89. The summed E-state index contributed by atoms with van der Waals surface area (Å²) in [5.74, 6) is 0. The number of aliphatic hydroxyl groups excluding tert-OH is 1. The van der Waals surface area contributed by atoms with E-state index in [1.165, 1.54) is 18.0 Å². The van der Waals surface area contributed by atoms with Crippen LogP contribution in [-0.2, 0) is 6.61 Å². The van der Waals surface area contributed by atoms with Crippen molar-refractivity contribution in [3.05, 3.63) is 22.2 Å². The molecule has 15 heavy (non-hydrogen) atoms. The van der Waals surface area contributed by atoms with Gasteiger partial charge in [-0.1, -0.05) is 11.8 Å². The van der Waals surface area contributed by atoms with E-state index in [0.717, 1.165) is 0 Å². The van der Waals surface area contributed by atoms with Gasteiger partial charge in [0.15, 0.2) is 16.3 Å². The molecule has 7 heteroatoms. The molecule has 0 aliphatic carbocycles. The Kier molecular flexibility index (Phi) is 2.65. The van der Waals surface area contributed by atoms with E-state index in [4.69, 9.17) is 5.11 Å².